The Balaban J connectivity index is 1.04. The predicted octanol–water partition coefficient (Wildman–Crippen LogP) is 7.98. The summed E-state index contributed by atoms with van der Waals surface area (Å²) in [6.45, 7) is 4.80. The van der Waals surface area contributed by atoms with Crippen LogP contribution >= 0.6 is 68.0 Å². The standard InChI is InChI=1S/C57H57N13O13S6/c1-25(2)41-55-69-44(36(89-55)20-82-5)48(77)59-19-39(72)66-45(46(75)27-10-7-6-8-11-27)54-64-35(23-86-54)52-62-33(21-85-52)43-30(50-63-34(22-84-50)47(76)61-32(18-38(71)58-4)53-68-42(26(3)88-53)49(78)67-41)13-14-31(60-43)51-65-37(24-87-51)70(15-9-12-40(73)74)57(81)83-29-16-28(17-29)56(79)80/h6-8,10-11,13-14,21-25,28-29,32,41,45-46,75H,9,12,15-20H2,1-5H3,(H,58,71)(H,59,77)(H,61,76)(H,66,72)(H,67,78)(H,73,74)(H,79,80)/t28-,29-,32-,41?,45-,46-/m0/s1. The van der Waals surface area contributed by atoms with Crippen molar-refractivity contribution in [2.45, 2.75) is 89.8 Å². The molecule has 1 aliphatic carbocycles. The summed E-state index contributed by atoms with van der Waals surface area (Å²) in [6.07, 6.45) is -2.95. The minimum absolute atomic E-state index is 0.0158. The highest BCUT2D eigenvalue weighted by atomic mass is 32.1. The van der Waals surface area contributed by atoms with E-state index in [0.29, 0.717) is 63.0 Å². The Labute approximate surface area is 531 Å². The molecule has 7 aromatic heterocycles. The van der Waals surface area contributed by atoms with Crippen molar-refractivity contribution in [3.63, 3.8) is 0 Å². The summed E-state index contributed by atoms with van der Waals surface area (Å²) in [5.41, 5.74) is 2.24. The molecule has 8 aromatic rings. The molecule has 2 aliphatic rings. The van der Waals surface area contributed by atoms with E-state index in [9.17, 15) is 53.7 Å². The number of aryl methyl sites for hydroxylation is 1. The number of ether oxygens (including phenoxy) is 2. The van der Waals surface area contributed by atoms with Crippen molar-refractivity contribution in [2.24, 2.45) is 11.8 Å². The second-order valence-corrected chi connectivity index (χ2v) is 26.6. The number of amides is 6. The second-order valence-electron chi connectivity index (χ2n) is 20.8. The lowest BCUT2D eigenvalue weighted by Gasteiger charge is -2.33. The molecule has 32 heteroatoms. The Morgan fingerprint density at radius 2 is 1.43 bits per heavy atom. The van der Waals surface area contributed by atoms with E-state index >= 15 is 0 Å². The van der Waals surface area contributed by atoms with Crippen LogP contribution in [0.15, 0.2) is 64.0 Å². The van der Waals surface area contributed by atoms with Crippen molar-refractivity contribution >= 4 is 121 Å². The van der Waals surface area contributed by atoms with Gasteiger partial charge in [0.1, 0.15) is 88.3 Å². The van der Waals surface area contributed by atoms with Gasteiger partial charge in [0.2, 0.25) is 11.8 Å². The first-order valence-corrected chi connectivity index (χ1v) is 32.8. The van der Waals surface area contributed by atoms with Gasteiger partial charge in [-0.05, 0) is 49.8 Å². The Bertz CT molecular complexity index is 3960. The Kier molecular flexibility index (Phi) is 20.0. The van der Waals surface area contributed by atoms with Crippen molar-refractivity contribution in [1.82, 2.24) is 61.5 Å². The number of aliphatic hydroxyl groups is 1. The molecule has 464 valence electrons. The first kappa shape index (κ1) is 63.6. The lowest BCUT2D eigenvalue weighted by atomic mass is 9.82. The van der Waals surface area contributed by atoms with Gasteiger partial charge in [-0.3, -0.25) is 38.5 Å². The maximum absolute atomic E-state index is 14.4. The summed E-state index contributed by atoms with van der Waals surface area (Å²) < 4.78 is 11.1. The van der Waals surface area contributed by atoms with Gasteiger partial charge in [0, 0.05) is 59.1 Å². The molecule has 6 amide bonds. The van der Waals surface area contributed by atoms with Crippen LogP contribution in [0.3, 0.4) is 0 Å². The van der Waals surface area contributed by atoms with Crippen LogP contribution in [0.2, 0.25) is 0 Å². The molecule has 89 heavy (non-hydrogen) atoms. The fourth-order valence-corrected chi connectivity index (χ4v) is 15.0. The number of pyridine rings is 1. The molecule has 8 N–H and O–H groups in total. The average Bonchev–Trinajstić information content (AvgIpc) is 2.74. The number of fused-ring (bicyclic) bond motifs is 14. The second kappa shape index (κ2) is 28.0. The van der Waals surface area contributed by atoms with Gasteiger partial charge in [-0.25, -0.2) is 39.7 Å². The molecule has 8 heterocycles. The van der Waals surface area contributed by atoms with Crippen molar-refractivity contribution in [2.75, 3.05) is 32.1 Å². The van der Waals surface area contributed by atoms with E-state index in [4.69, 9.17) is 34.4 Å². The summed E-state index contributed by atoms with van der Waals surface area (Å²) in [5, 5.41) is 53.4. The number of rotatable bonds is 15. The largest absolute Gasteiger partial charge is 0.481 e. The number of thiazole rings is 6. The number of benzene rings is 1. The van der Waals surface area contributed by atoms with E-state index in [1.54, 1.807) is 70.9 Å². The van der Waals surface area contributed by atoms with E-state index in [1.807, 2.05) is 13.8 Å². The quantitative estimate of drug-likeness (QED) is 0.0482. The zero-order valence-electron chi connectivity index (χ0n) is 48.0. The molecule has 1 unspecified atom stereocenters. The van der Waals surface area contributed by atoms with Gasteiger partial charge >= 0.3 is 18.0 Å². The number of hydrogen-bond donors (Lipinski definition) is 8. The normalized spacial score (nSPS) is 18.3. The molecule has 26 nitrogen and oxygen atoms in total. The number of carboxylic acid groups (broad SMARTS) is 2. The number of carbonyl (C=O) groups excluding carboxylic acids is 6. The molecule has 10 bridgehead atoms. The maximum atomic E-state index is 14.4. The van der Waals surface area contributed by atoms with E-state index in [2.05, 4.69) is 36.6 Å². The molecular formula is C57H57N13O13S6. The van der Waals surface area contributed by atoms with Gasteiger partial charge < -0.3 is 51.4 Å². The average molecular weight is 1320 g/mol. The topological polar surface area (TPSA) is 369 Å². The van der Waals surface area contributed by atoms with Gasteiger partial charge in [0.05, 0.1) is 48.1 Å². The number of aliphatic hydroxyl groups excluding tert-OH is 1. The van der Waals surface area contributed by atoms with Crippen LogP contribution in [0, 0.1) is 18.8 Å². The van der Waals surface area contributed by atoms with Crippen LogP contribution < -0.4 is 31.5 Å². The van der Waals surface area contributed by atoms with Gasteiger partial charge in [0.25, 0.3) is 17.7 Å². The highest BCUT2D eigenvalue weighted by Crippen LogP contribution is 2.41. The fourth-order valence-electron chi connectivity index (χ4n) is 9.46. The number of hydrogen-bond acceptors (Lipinski definition) is 24. The van der Waals surface area contributed by atoms with Crippen LogP contribution in [-0.2, 0) is 35.3 Å². The zero-order chi connectivity index (χ0) is 63.2. The highest BCUT2D eigenvalue weighted by molar-refractivity contribution is 7.15. The van der Waals surface area contributed by atoms with Gasteiger partial charge in [-0.2, -0.15) is 0 Å². The van der Waals surface area contributed by atoms with Crippen molar-refractivity contribution in [3.05, 3.63) is 111 Å². The number of nitrogens with one attached hydrogen (secondary N) is 5. The molecule has 0 saturated heterocycles. The van der Waals surface area contributed by atoms with E-state index < -0.39 is 90.4 Å². The number of carboxylic acids is 2. The summed E-state index contributed by atoms with van der Waals surface area (Å²) in [5.74, 6) is -5.85. The first-order chi connectivity index (χ1) is 42.7. The van der Waals surface area contributed by atoms with Gasteiger partial charge in [0.15, 0.2) is 0 Å². The molecule has 0 spiro atoms. The summed E-state index contributed by atoms with van der Waals surface area (Å²) >= 11 is 6.92. The summed E-state index contributed by atoms with van der Waals surface area (Å²) in [4.78, 5) is 142. The van der Waals surface area contributed by atoms with Crippen molar-refractivity contribution in [1.29, 1.82) is 0 Å². The highest BCUT2D eigenvalue weighted by Gasteiger charge is 2.39. The maximum Gasteiger partial charge on any atom is 0.415 e. The van der Waals surface area contributed by atoms with Crippen LogP contribution in [0.5, 0.6) is 0 Å². The minimum Gasteiger partial charge on any atom is -0.481 e. The van der Waals surface area contributed by atoms with Crippen LogP contribution in [0.25, 0.3) is 43.4 Å². The van der Waals surface area contributed by atoms with E-state index in [-0.39, 0.29) is 84.8 Å². The molecule has 4 atom stereocenters. The third-order valence-electron chi connectivity index (χ3n) is 14.2. The summed E-state index contributed by atoms with van der Waals surface area (Å²) in [6, 6.07) is 9.18. The molecule has 1 saturated carbocycles. The van der Waals surface area contributed by atoms with Crippen molar-refractivity contribution < 1.29 is 63.1 Å². The van der Waals surface area contributed by atoms with Crippen LogP contribution in [0.1, 0.15) is 132 Å². The monoisotopic (exact) mass is 1320 g/mol. The Morgan fingerprint density at radius 3 is 2.16 bits per heavy atom. The lowest BCUT2D eigenvalue weighted by Crippen LogP contribution is -2.42. The molecule has 1 fully saturated rings. The Hall–Kier alpha value is -8.37. The van der Waals surface area contributed by atoms with E-state index in [0.717, 1.165) is 56.7 Å². The minimum atomic E-state index is -1.31. The SMILES string of the molecule is CNC(=O)C[C@@H]1NC(=O)c2csc(n2)-c2ccc(-c3nc(N(CCCC(=O)O)C(=O)O[C@H]4C[C@H](C(=O)O)C4)cs3)nc2-c2csc(n2)-c2csc(n2)[C@H]([C@@H](O)c2ccccc2)NC(=O)CNC(=O)c2nc(sc2COC)C(C(C)C)NC(=O)c2nc1sc2C. The van der Waals surface area contributed by atoms with E-state index in [1.165, 1.54) is 30.4 Å². The van der Waals surface area contributed by atoms with Crippen LogP contribution in [-0.4, -0.2) is 131 Å². The number of nitrogens with zero attached hydrogens (tertiary/aromatic N) is 8. The number of aliphatic carboxylic acids is 2. The number of methoxy groups -OCH3 is 1. The van der Waals surface area contributed by atoms with Gasteiger partial charge in [-0.15, -0.1) is 68.0 Å². The number of aromatic nitrogens is 7. The number of carbonyl (C=O) groups is 8. The third kappa shape index (κ3) is 14.7. The molecule has 1 aliphatic heterocycles. The fraction of sp³-hybridized carbons (Fsp3) is 0.351. The molecular weight excluding hydrogens is 1270 g/mol. The third-order valence-corrected chi connectivity index (χ3v) is 19.9. The van der Waals surface area contributed by atoms with Crippen molar-refractivity contribution in [3.8, 4) is 43.4 Å². The lowest BCUT2D eigenvalue weighted by molar-refractivity contribution is -0.148. The zero-order valence-corrected chi connectivity index (χ0v) is 52.9. The predicted molar refractivity (Wildman–Crippen MR) is 332 cm³/mol. The van der Waals surface area contributed by atoms with Crippen LogP contribution in [0.4, 0.5) is 10.6 Å². The Morgan fingerprint density at radius 1 is 0.719 bits per heavy atom. The summed E-state index contributed by atoms with van der Waals surface area (Å²) in [7, 11) is 2.91. The molecule has 1 aromatic carbocycles. The molecule has 10 rings (SSSR count). The molecule has 0 radical (unpaired) electrons. The smallest absolute Gasteiger partial charge is 0.415 e. The number of anilines is 1. The first-order valence-electron chi connectivity index (χ1n) is 27.6. The van der Waals surface area contributed by atoms with Gasteiger partial charge in [-0.1, -0.05) is 44.2 Å².